The Morgan fingerprint density at radius 2 is 1.09 bits per heavy atom. The molecule has 0 N–H and O–H groups in total. The average molecular weight is 477 g/mol. The van der Waals surface area contributed by atoms with Crippen LogP contribution in [0.4, 0.5) is 26.3 Å². The molecule has 0 spiro atoms. The fourth-order valence-electron chi connectivity index (χ4n) is 4.02. The van der Waals surface area contributed by atoms with Crippen LogP contribution < -0.4 is 10.6 Å². The second-order valence-electron chi connectivity index (χ2n) is 8.19. The van der Waals surface area contributed by atoms with E-state index in [1.54, 1.807) is 19.1 Å². The number of hydrogen-bond donors (Lipinski definition) is 0. The standard InChI is InChI=1S/C25H32F6P/c1-3-5-7-14-19-23(26,27)24(28,29)25(30,31)32(20-6-4-2,21-15-10-8-11-16-21)22-17-12-9-13-18-22/h8-13,15-18H,3-7,14,19-20H2,1-2H3/q+1. The predicted octanol–water partition coefficient (Wildman–Crippen LogP) is 8.29. The molecule has 0 saturated carbocycles. The number of rotatable bonds is 13. The van der Waals surface area contributed by atoms with Crippen LogP contribution in [-0.2, 0) is 0 Å². The summed E-state index contributed by atoms with van der Waals surface area (Å²) in [5.74, 6) is -10.3. The molecule has 32 heavy (non-hydrogen) atoms. The van der Waals surface area contributed by atoms with E-state index in [0.717, 1.165) is 6.42 Å². The van der Waals surface area contributed by atoms with Crippen molar-refractivity contribution in [3.63, 3.8) is 0 Å². The van der Waals surface area contributed by atoms with Crippen molar-refractivity contribution < 1.29 is 26.3 Å². The highest BCUT2D eigenvalue weighted by atomic mass is 31.2. The third-order valence-electron chi connectivity index (χ3n) is 5.90. The molecular weight excluding hydrogens is 445 g/mol. The molecule has 0 aliphatic rings. The highest BCUT2D eigenvalue weighted by molar-refractivity contribution is 7.90. The molecule has 0 amide bonds. The Bertz CT molecular complexity index is 768. The lowest BCUT2D eigenvalue weighted by Crippen LogP contribution is -2.58. The van der Waals surface area contributed by atoms with Gasteiger partial charge in [-0.1, -0.05) is 75.9 Å². The highest BCUT2D eigenvalue weighted by Gasteiger charge is 2.83. The van der Waals surface area contributed by atoms with Crippen molar-refractivity contribution in [3.05, 3.63) is 60.7 Å². The lowest BCUT2D eigenvalue weighted by Gasteiger charge is -2.40. The molecule has 0 heterocycles. The summed E-state index contributed by atoms with van der Waals surface area (Å²) in [6.45, 7) is 3.62. The van der Waals surface area contributed by atoms with Crippen molar-refractivity contribution in [3.8, 4) is 0 Å². The summed E-state index contributed by atoms with van der Waals surface area (Å²) >= 11 is 0. The number of unbranched alkanes of at least 4 members (excludes halogenated alkanes) is 4. The van der Waals surface area contributed by atoms with E-state index in [4.69, 9.17) is 0 Å². The van der Waals surface area contributed by atoms with E-state index in [9.17, 15) is 8.78 Å². The Morgan fingerprint density at radius 1 is 0.625 bits per heavy atom. The fourth-order valence-corrected chi connectivity index (χ4v) is 8.56. The number of benzene rings is 2. The topological polar surface area (TPSA) is 0 Å². The maximum absolute atomic E-state index is 16.1. The number of halogens is 6. The fraction of sp³-hybridized carbons (Fsp3) is 0.520. The molecule has 0 fully saturated rings. The third-order valence-corrected chi connectivity index (χ3v) is 10.5. The lowest BCUT2D eigenvalue weighted by molar-refractivity contribution is -0.281. The Hall–Kier alpha value is -1.55. The largest absolute Gasteiger partial charge is 0.431 e. The molecule has 0 aliphatic carbocycles. The van der Waals surface area contributed by atoms with Crippen molar-refractivity contribution in [2.75, 3.05) is 6.16 Å². The summed E-state index contributed by atoms with van der Waals surface area (Å²) < 4.78 is 92.4. The first-order valence-electron chi connectivity index (χ1n) is 11.2. The molecule has 178 valence electrons. The molecule has 0 bridgehead atoms. The molecule has 7 heteroatoms. The van der Waals surface area contributed by atoms with Crippen LogP contribution in [0.5, 0.6) is 0 Å². The van der Waals surface area contributed by atoms with E-state index in [2.05, 4.69) is 0 Å². The van der Waals surface area contributed by atoms with Crippen molar-refractivity contribution in [1.29, 1.82) is 0 Å². The van der Waals surface area contributed by atoms with E-state index in [1.807, 2.05) is 6.92 Å². The van der Waals surface area contributed by atoms with Gasteiger partial charge in [-0.3, -0.25) is 0 Å². The summed E-state index contributed by atoms with van der Waals surface area (Å²) in [5, 5.41) is 0.0391. The molecule has 0 saturated heterocycles. The number of hydrogen-bond acceptors (Lipinski definition) is 0. The van der Waals surface area contributed by atoms with Gasteiger partial charge in [-0.05, 0) is 37.1 Å². The smallest absolute Gasteiger partial charge is 0.199 e. The Balaban J connectivity index is 2.67. The van der Waals surface area contributed by atoms with Crippen molar-refractivity contribution in [2.24, 2.45) is 0 Å². The normalized spacial score (nSPS) is 13.4. The molecule has 0 nitrogen and oxygen atoms in total. The van der Waals surface area contributed by atoms with Crippen LogP contribution in [0.25, 0.3) is 0 Å². The van der Waals surface area contributed by atoms with Crippen LogP contribution in [0.3, 0.4) is 0 Å². The minimum atomic E-state index is -5.49. The zero-order valence-corrected chi connectivity index (χ0v) is 19.5. The van der Waals surface area contributed by atoms with Gasteiger partial charge >= 0.3 is 17.5 Å². The van der Waals surface area contributed by atoms with E-state index in [1.165, 1.54) is 48.5 Å². The van der Waals surface area contributed by atoms with E-state index < -0.39 is 31.2 Å². The Morgan fingerprint density at radius 3 is 1.53 bits per heavy atom. The van der Waals surface area contributed by atoms with Crippen molar-refractivity contribution in [1.82, 2.24) is 0 Å². The van der Waals surface area contributed by atoms with Gasteiger partial charge in [0, 0.05) is 6.42 Å². The average Bonchev–Trinajstić information content (AvgIpc) is 2.78. The first-order valence-corrected chi connectivity index (χ1v) is 13.2. The second kappa shape index (κ2) is 11.0. The van der Waals surface area contributed by atoms with Crippen LogP contribution in [0.15, 0.2) is 60.7 Å². The van der Waals surface area contributed by atoms with Crippen LogP contribution in [-0.4, -0.2) is 23.7 Å². The van der Waals surface area contributed by atoms with Gasteiger partial charge in [0.25, 0.3) is 0 Å². The van der Waals surface area contributed by atoms with Gasteiger partial charge in [0.1, 0.15) is 10.6 Å². The quantitative estimate of drug-likeness (QED) is 0.155. The molecular formula is C25H32F6P+. The van der Waals surface area contributed by atoms with Crippen LogP contribution in [0.1, 0.15) is 58.8 Å². The van der Waals surface area contributed by atoms with E-state index in [-0.39, 0.29) is 29.6 Å². The van der Waals surface area contributed by atoms with Gasteiger partial charge < -0.3 is 0 Å². The maximum Gasteiger partial charge on any atom is 0.431 e. The van der Waals surface area contributed by atoms with Crippen LogP contribution in [0.2, 0.25) is 0 Å². The molecule has 0 unspecified atom stereocenters. The molecule has 0 atom stereocenters. The van der Waals surface area contributed by atoms with Gasteiger partial charge in [0.2, 0.25) is 0 Å². The van der Waals surface area contributed by atoms with E-state index in [0.29, 0.717) is 19.3 Å². The third kappa shape index (κ3) is 5.00. The van der Waals surface area contributed by atoms with Crippen molar-refractivity contribution >= 4 is 17.9 Å². The predicted molar refractivity (Wildman–Crippen MR) is 122 cm³/mol. The van der Waals surface area contributed by atoms with Crippen molar-refractivity contribution in [2.45, 2.75) is 76.3 Å². The summed E-state index contributed by atoms with van der Waals surface area (Å²) in [7, 11) is -4.25. The lowest BCUT2D eigenvalue weighted by atomic mass is 10.0. The molecule has 0 radical (unpaired) electrons. The first kappa shape index (κ1) is 26.7. The second-order valence-corrected chi connectivity index (χ2v) is 11.8. The van der Waals surface area contributed by atoms with Gasteiger partial charge in [-0.15, -0.1) is 0 Å². The summed E-state index contributed by atoms with van der Waals surface area (Å²) in [5.41, 5.74) is -4.92. The summed E-state index contributed by atoms with van der Waals surface area (Å²) in [6.07, 6.45) is 0.594. The molecule has 0 aromatic heterocycles. The summed E-state index contributed by atoms with van der Waals surface area (Å²) in [4.78, 5) is 0. The van der Waals surface area contributed by atoms with Gasteiger partial charge in [0.15, 0.2) is 7.26 Å². The molecule has 2 aromatic carbocycles. The zero-order chi connectivity index (χ0) is 23.9. The number of alkyl halides is 6. The Kier molecular flexibility index (Phi) is 9.22. The minimum Gasteiger partial charge on any atom is -0.199 e. The van der Waals surface area contributed by atoms with Crippen LogP contribution >= 0.6 is 7.26 Å². The molecule has 2 rings (SSSR count). The highest BCUT2D eigenvalue weighted by Crippen LogP contribution is 2.74. The minimum absolute atomic E-state index is 0.0195. The monoisotopic (exact) mass is 477 g/mol. The Labute approximate surface area is 187 Å². The van der Waals surface area contributed by atoms with Gasteiger partial charge in [0.05, 0.1) is 6.16 Å². The first-order chi connectivity index (χ1) is 15.1. The summed E-state index contributed by atoms with van der Waals surface area (Å²) in [6, 6.07) is 14.7. The van der Waals surface area contributed by atoms with E-state index >= 15 is 17.6 Å². The molecule has 0 aliphatic heterocycles. The zero-order valence-electron chi connectivity index (χ0n) is 18.6. The SMILES string of the molecule is CCCCCCC(F)(F)C(F)(F)C(F)(F)[P+](CCCC)(c1ccccc1)c1ccccc1. The van der Waals surface area contributed by atoms with Gasteiger partial charge in [-0.25, -0.2) is 0 Å². The van der Waals surface area contributed by atoms with Crippen LogP contribution in [0, 0.1) is 0 Å². The maximum atomic E-state index is 16.1. The van der Waals surface area contributed by atoms with Gasteiger partial charge in [-0.2, -0.15) is 26.3 Å². The molecule has 2 aromatic rings.